The number of halogens is 1. The second-order valence-electron chi connectivity index (χ2n) is 4.06. The minimum Gasteiger partial charge on any atom is -0.475 e. The molecule has 1 aliphatic heterocycles. The fourth-order valence-electron chi connectivity index (χ4n) is 1.82. The van der Waals surface area contributed by atoms with Gasteiger partial charge in [-0.25, -0.2) is 9.18 Å². The molecular weight excluding hydrogens is 253 g/mol. The maximum Gasteiger partial charge on any atom is 0.338 e. The van der Waals surface area contributed by atoms with E-state index in [1.54, 1.807) is 13.8 Å². The number of hydrogen-bond donors (Lipinski definition) is 1. The Morgan fingerprint density at radius 3 is 2.84 bits per heavy atom. The lowest BCUT2D eigenvalue weighted by atomic mass is 10.1. The zero-order valence-corrected chi connectivity index (χ0v) is 10.7. The van der Waals surface area contributed by atoms with Crippen LogP contribution < -0.4 is 10.1 Å². The Morgan fingerprint density at radius 2 is 2.21 bits per heavy atom. The van der Waals surface area contributed by atoms with Crippen LogP contribution in [0.4, 0.5) is 10.1 Å². The van der Waals surface area contributed by atoms with Gasteiger partial charge in [-0.05, 0) is 25.5 Å². The summed E-state index contributed by atoms with van der Waals surface area (Å²) in [4.78, 5) is 23.2. The Morgan fingerprint density at radius 1 is 1.47 bits per heavy atom. The summed E-state index contributed by atoms with van der Waals surface area (Å²) in [5.74, 6) is -1.73. The second-order valence-corrected chi connectivity index (χ2v) is 4.06. The van der Waals surface area contributed by atoms with Gasteiger partial charge in [0.15, 0.2) is 17.7 Å². The van der Waals surface area contributed by atoms with Crippen LogP contribution >= 0.6 is 0 Å². The van der Waals surface area contributed by atoms with Crippen molar-refractivity contribution in [2.75, 3.05) is 11.9 Å². The molecule has 19 heavy (non-hydrogen) atoms. The quantitative estimate of drug-likeness (QED) is 0.852. The molecular formula is C13H14FNO4. The standard InChI is InChI=1S/C13H14FNO4/c1-3-10-12(16)15-9-6-7(13(17)18-4-2)5-8(14)11(9)19-10/h5-6,10H,3-4H2,1-2H3,(H,15,16). The fraction of sp³-hybridized carbons (Fsp3) is 0.385. The summed E-state index contributed by atoms with van der Waals surface area (Å²) in [7, 11) is 0. The monoisotopic (exact) mass is 267 g/mol. The first kappa shape index (κ1) is 13.3. The summed E-state index contributed by atoms with van der Waals surface area (Å²) in [6.07, 6.45) is -0.278. The van der Waals surface area contributed by atoms with E-state index in [9.17, 15) is 14.0 Å². The first-order chi connectivity index (χ1) is 9.06. The largest absolute Gasteiger partial charge is 0.475 e. The maximum atomic E-state index is 13.9. The highest BCUT2D eigenvalue weighted by atomic mass is 19.1. The van der Waals surface area contributed by atoms with Crippen molar-refractivity contribution in [3.63, 3.8) is 0 Å². The van der Waals surface area contributed by atoms with Crippen molar-refractivity contribution in [3.05, 3.63) is 23.5 Å². The van der Waals surface area contributed by atoms with Crippen LogP contribution in [0.25, 0.3) is 0 Å². The van der Waals surface area contributed by atoms with Crippen LogP contribution in [-0.4, -0.2) is 24.6 Å². The number of benzene rings is 1. The van der Waals surface area contributed by atoms with Crippen LogP contribution in [0, 0.1) is 5.82 Å². The van der Waals surface area contributed by atoms with Crippen LogP contribution in [0.5, 0.6) is 5.75 Å². The molecule has 1 unspecified atom stereocenters. The molecule has 5 nitrogen and oxygen atoms in total. The van der Waals surface area contributed by atoms with Crippen molar-refractivity contribution in [1.29, 1.82) is 0 Å². The number of carbonyl (C=O) groups excluding carboxylic acids is 2. The van der Waals surface area contributed by atoms with Crippen LogP contribution in [0.15, 0.2) is 12.1 Å². The fourth-order valence-corrected chi connectivity index (χ4v) is 1.82. The molecule has 2 rings (SSSR count). The Bertz CT molecular complexity index is 530. The number of hydrogen-bond acceptors (Lipinski definition) is 4. The molecule has 0 saturated carbocycles. The number of carbonyl (C=O) groups is 2. The lowest BCUT2D eigenvalue weighted by Crippen LogP contribution is -2.36. The van der Waals surface area contributed by atoms with Crippen molar-refractivity contribution < 1.29 is 23.5 Å². The number of fused-ring (bicyclic) bond motifs is 1. The van der Waals surface area contributed by atoms with E-state index in [1.165, 1.54) is 6.07 Å². The molecule has 1 aliphatic rings. The molecule has 6 heteroatoms. The maximum absolute atomic E-state index is 13.9. The molecule has 0 aromatic heterocycles. The average Bonchev–Trinajstić information content (AvgIpc) is 2.38. The van der Waals surface area contributed by atoms with Gasteiger partial charge in [0.05, 0.1) is 17.9 Å². The summed E-state index contributed by atoms with van der Waals surface area (Å²) in [6, 6.07) is 2.39. The predicted molar refractivity (Wildman–Crippen MR) is 65.7 cm³/mol. The lowest BCUT2D eigenvalue weighted by molar-refractivity contribution is -0.123. The third-order valence-electron chi connectivity index (χ3n) is 2.74. The molecule has 0 radical (unpaired) electrons. The summed E-state index contributed by atoms with van der Waals surface area (Å²) < 4.78 is 23.9. The summed E-state index contributed by atoms with van der Waals surface area (Å²) in [6.45, 7) is 3.61. The molecule has 1 aromatic rings. The number of amides is 1. The first-order valence-corrected chi connectivity index (χ1v) is 6.05. The Hall–Kier alpha value is -2.11. The van der Waals surface area contributed by atoms with Gasteiger partial charge in [-0.3, -0.25) is 4.79 Å². The topological polar surface area (TPSA) is 64.6 Å². The van der Waals surface area contributed by atoms with Gasteiger partial charge in [-0.1, -0.05) is 6.92 Å². The lowest BCUT2D eigenvalue weighted by Gasteiger charge is -2.25. The van der Waals surface area contributed by atoms with E-state index in [-0.39, 0.29) is 29.5 Å². The van der Waals surface area contributed by atoms with Crippen LogP contribution in [0.3, 0.4) is 0 Å². The second kappa shape index (κ2) is 5.26. The van der Waals surface area contributed by atoms with E-state index in [0.717, 1.165) is 6.07 Å². The van der Waals surface area contributed by atoms with Crippen LogP contribution in [0.2, 0.25) is 0 Å². The number of esters is 1. The number of anilines is 1. The summed E-state index contributed by atoms with van der Waals surface area (Å²) in [5.41, 5.74) is 0.190. The number of nitrogens with one attached hydrogen (secondary N) is 1. The smallest absolute Gasteiger partial charge is 0.338 e. The third-order valence-corrected chi connectivity index (χ3v) is 2.74. The molecule has 1 N–H and O–H groups in total. The SMILES string of the molecule is CCOC(=O)c1cc(F)c2c(c1)NC(=O)C(CC)O2. The Kier molecular flexibility index (Phi) is 3.69. The Labute approximate surface area is 109 Å². The van der Waals surface area contributed by atoms with Crippen molar-refractivity contribution in [3.8, 4) is 5.75 Å². The van der Waals surface area contributed by atoms with Crippen molar-refractivity contribution in [2.45, 2.75) is 26.4 Å². The zero-order chi connectivity index (χ0) is 14.0. The third kappa shape index (κ3) is 2.52. The van der Waals surface area contributed by atoms with E-state index < -0.39 is 17.9 Å². The zero-order valence-electron chi connectivity index (χ0n) is 10.7. The molecule has 1 amide bonds. The number of rotatable bonds is 3. The van der Waals surface area contributed by atoms with Crippen molar-refractivity contribution in [1.82, 2.24) is 0 Å². The first-order valence-electron chi connectivity index (χ1n) is 6.05. The molecule has 0 fully saturated rings. The normalized spacial score (nSPS) is 17.2. The predicted octanol–water partition coefficient (Wildman–Crippen LogP) is 2.11. The summed E-state index contributed by atoms with van der Waals surface area (Å²) >= 11 is 0. The highest BCUT2D eigenvalue weighted by molar-refractivity contribution is 6.00. The van der Waals surface area contributed by atoms with Gasteiger partial charge in [0.1, 0.15) is 0 Å². The van der Waals surface area contributed by atoms with E-state index in [1.807, 2.05) is 0 Å². The van der Waals surface area contributed by atoms with Crippen molar-refractivity contribution in [2.24, 2.45) is 0 Å². The average molecular weight is 267 g/mol. The summed E-state index contributed by atoms with van der Waals surface area (Å²) in [5, 5.41) is 2.53. The molecule has 0 saturated heterocycles. The number of ether oxygens (including phenoxy) is 2. The van der Waals surface area contributed by atoms with Crippen molar-refractivity contribution >= 4 is 17.6 Å². The highest BCUT2D eigenvalue weighted by Crippen LogP contribution is 2.34. The van der Waals surface area contributed by atoms with E-state index in [4.69, 9.17) is 9.47 Å². The minimum atomic E-state index is -0.713. The minimum absolute atomic E-state index is 0.0388. The van der Waals surface area contributed by atoms with Gasteiger partial charge in [0.25, 0.3) is 5.91 Å². The van der Waals surface area contributed by atoms with E-state index >= 15 is 0 Å². The van der Waals surface area contributed by atoms with Crippen LogP contribution in [-0.2, 0) is 9.53 Å². The van der Waals surface area contributed by atoms with Crippen LogP contribution in [0.1, 0.15) is 30.6 Å². The van der Waals surface area contributed by atoms with Gasteiger partial charge in [0.2, 0.25) is 0 Å². The van der Waals surface area contributed by atoms with Gasteiger partial charge in [-0.15, -0.1) is 0 Å². The molecule has 0 spiro atoms. The van der Waals surface area contributed by atoms with Gasteiger partial charge >= 0.3 is 5.97 Å². The van der Waals surface area contributed by atoms with Gasteiger partial charge < -0.3 is 14.8 Å². The molecule has 0 bridgehead atoms. The Balaban J connectivity index is 2.37. The molecule has 1 aromatic carbocycles. The molecule has 0 aliphatic carbocycles. The van der Waals surface area contributed by atoms with Gasteiger partial charge in [-0.2, -0.15) is 0 Å². The van der Waals surface area contributed by atoms with E-state index in [2.05, 4.69) is 5.32 Å². The molecule has 1 heterocycles. The van der Waals surface area contributed by atoms with E-state index in [0.29, 0.717) is 6.42 Å². The van der Waals surface area contributed by atoms with Gasteiger partial charge in [0, 0.05) is 0 Å². The highest BCUT2D eigenvalue weighted by Gasteiger charge is 2.29. The molecule has 102 valence electrons. The molecule has 1 atom stereocenters.